The van der Waals surface area contributed by atoms with Crippen molar-refractivity contribution in [3.63, 3.8) is 0 Å². The summed E-state index contributed by atoms with van der Waals surface area (Å²) in [4.78, 5) is 57.2. The average molecular weight is 593 g/mol. The van der Waals surface area contributed by atoms with Gasteiger partial charge in [-0.1, -0.05) is 83.2 Å². The van der Waals surface area contributed by atoms with Crippen molar-refractivity contribution in [1.82, 2.24) is 10.6 Å². The Morgan fingerprint density at radius 3 is 2.13 bits per heavy atom. The molecule has 0 aromatic carbocycles. The summed E-state index contributed by atoms with van der Waals surface area (Å²) in [5.74, 6) is -0.655. The number of phosphoric acid groups is 1. The molecule has 0 aromatic heterocycles. The second-order valence-electron chi connectivity index (χ2n) is 10.4. The van der Waals surface area contributed by atoms with Gasteiger partial charge in [-0.05, 0) is 32.1 Å². The predicted octanol–water partition coefficient (Wildman–Crippen LogP) is 3.36. The number of hydrogen-bond donors (Lipinski definition) is 3. The number of allylic oxidation sites excluding steroid dienone is 2. The summed E-state index contributed by atoms with van der Waals surface area (Å²) in [6.07, 6.45) is 16.4. The molecule has 0 saturated carbocycles. The molecule has 0 saturated heterocycles. The van der Waals surface area contributed by atoms with Crippen LogP contribution in [0.3, 0.4) is 0 Å². The molecule has 0 aliphatic heterocycles. The Morgan fingerprint density at radius 2 is 1.51 bits per heavy atom. The first-order chi connectivity index (χ1) is 18.4. The number of rotatable bonds is 24. The standard InChI is InChI=1S/C27H51N2O8PS/c1-4-5-6-7-8-9-10-11-12-13-14-15-16-17-24(31)39-21-20-28-23(30)18-19-29-26(33)25(32)27(2,3)22-37-38(34,35)36/h9-10,25,32H,4-8,11-22H2,1-3H3,(H,28,30)(H,29,33)(H2,34,35,36)/p-2/b10-9-/t25-/m0/s1. The average Bonchev–Trinajstić information content (AvgIpc) is 2.87. The van der Waals surface area contributed by atoms with Gasteiger partial charge >= 0.3 is 0 Å². The highest BCUT2D eigenvalue weighted by atomic mass is 32.2. The van der Waals surface area contributed by atoms with Crippen LogP contribution in [0.25, 0.3) is 0 Å². The normalized spacial score (nSPS) is 13.0. The number of hydrogen-bond acceptors (Lipinski definition) is 9. The van der Waals surface area contributed by atoms with Crippen LogP contribution in [-0.4, -0.2) is 53.6 Å². The smallest absolute Gasteiger partial charge is 0.249 e. The summed E-state index contributed by atoms with van der Waals surface area (Å²) in [6, 6.07) is 0. The number of thioether (sulfide) groups is 1. The molecule has 2 amide bonds. The van der Waals surface area contributed by atoms with Crippen molar-refractivity contribution in [3.8, 4) is 0 Å². The minimum atomic E-state index is -5.22. The Bertz CT molecular complexity index is 773. The molecule has 0 rings (SSSR count). The van der Waals surface area contributed by atoms with Crippen LogP contribution >= 0.6 is 19.6 Å². The Kier molecular flexibility index (Phi) is 21.7. The third-order valence-corrected chi connectivity index (χ3v) is 7.44. The SMILES string of the molecule is CCCCCC/C=C\CCCCCCCC(=O)SCCNC(=O)CCNC(=O)[C@H](O)C(C)(C)COP(=O)([O-])[O-]. The molecular formula is C27H49N2O8PS-2. The van der Waals surface area contributed by atoms with Gasteiger partial charge in [-0.2, -0.15) is 0 Å². The second-order valence-corrected chi connectivity index (χ2v) is 12.7. The number of nitrogens with one attached hydrogen (secondary N) is 2. The van der Waals surface area contributed by atoms with Crippen molar-refractivity contribution in [2.75, 3.05) is 25.4 Å². The zero-order chi connectivity index (χ0) is 29.6. The van der Waals surface area contributed by atoms with Crippen LogP contribution in [0.5, 0.6) is 0 Å². The van der Waals surface area contributed by atoms with E-state index in [0.717, 1.165) is 25.7 Å². The number of aliphatic hydroxyl groups excluding tert-OH is 1. The van der Waals surface area contributed by atoms with Crippen LogP contribution in [0.15, 0.2) is 12.2 Å². The summed E-state index contributed by atoms with van der Waals surface area (Å²) in [5, 5.41) is 15.3. The van der Waals surface area contributed by atoms with Gasteiger partial charge < -0.3 is 34.6 Å². The summed E-state index contributed by atoms with van der Waals surface area (Å²) >= 11 is 1.20. The largest absolute Gasteiger partial charge is 0.790 e. The molecule has 12 heteroatoms. The monoisotopic (exact) mass is 592 g/mol. The molecule has 0 aliphatic rings. The van der Waals surface area contributed by atoms with Crippen LogP contribution in [0.4, 0.5) is 0 Å². The zero-order valence-corrected chi connectivity index (χ0v) is 25.6. The maximum absolute atomic E-state index is 12.0. The second kappa shape index (κ2) is 22.5. The maximum atomic E-state index is 12.0. The van der Waals surface area contributed by atoms with Crippen molar-refractivity contribution >= 4 is 36.5 Å². The molecule has 0 aliphatic carbocycles. The lowest BCUT2D eigenvalue weighted by Gasteiger charge is -2.35. The lowest BCUT2D eigenvalue weighted by molar-refractivity contribution is -0.343. The molecule has 0 heterocycles. The number of phosphoric ester groups is 1. The number of unbranched alkanes of at least 4 members (excludes halogenated alkanes) is 9. The molecule has 0 aromatic rings. The van der Waals surface area contributed by atoms with E-state index in [4.69, 9.17) is 0 Å². The lowest BCUT2D eigenvalue weighted by Crippen LogP contribution is -2.46. The van der Waals surface area contributed by atoms with Gasteiger partial charge in [0.1, 0.15) is 6.10 Å². The van der Waals surface area contributed by atoms with Crippen LogP contribution in [-0.2, 0) is 23.5 Å². The minimum Gasteiger partial charge on any atom is -0.790 e. The van der Waals surface area contributed by atoms with Crippen LogP contribution in [0, 0.1) is 5.41 Å². The Labute approximate surface area is 238 Å². The van der Waals surface area contributed by atoms with Crippen molar-refractivity contribution in [2.45, 2.75) is 110 Å². The highest BCUT2D eigenvalue weighted by molar-refractivity contribution is 8.13. The first-order valence-electron chi connectivity index (χ1n) is 14.1. The number of aliphatic hydroxyl groups is 1. The van der Waals surface area contributed by atoms with E-state index in [1.54, 1.807) is 0 Å². The van der Waals surface area contributed by atoms with Crippen molar-refractivity contribution in [2.24, 2.45) is 5.41 Å². The predicted molar refractivity (Wildman–Crippen MR) is 152 cm³/mol. The zero-order valence-electron chi connectivity index (χ0n) is 23.9. The summed E-state index contributed by atoms with van der Waals surface area (Å²) in [7, 11) is -5.22. The van der Waals surface area contributed by atoms with Gasteiger partial charge in [0.25, 0.3) is 0 Å². The van der Waals surface area contributed by atoms with Gasteiger partial charge in [0.2, 0.25) is 11.8 Å². The quantitative estimate of drug-likeness (QED) is 0.0864. The topological polar surface area (TPSA) is 168 Å². The van der Waals surface area contributed by atoms with E-state index < -0.39 is 31.9 Å². The lowest BCUT2D eigenvalue weighted by atomic mass is 9.87. The Balaban J connectivity index is 3.74. The molecule has 0 spiro atoms. The van der Waals surface area contributed by atoms with E-state index in [-0.39, 0.29) is 24.0 Å². The van der Waals surface area contributed by atoms with Crippen LogP contribution in [0.2, 0.25) is 0 Å². The van der Waals surface area contributed by atoms with Gasteiger partial charge in [0.05, 0.1) is 14.4 Å². The number of carbonyl (C=O) groups is 3. The van der Waals surface area contributed by atoms with E-state index in [9.17, 15) is 33.8 Å². The first kappa shape index (κ1) is 37.8. The van der Waals surface area contributed by atoms with Gasteiger partial charge in [-0.3, -0.25) is 14.4 Å². The fourth-order valence-corrected chi connectivity index (χ4v) is 4.79. The van der Waals surface area contributed by atoms with E-state index in [1.807, 2.05) is 0 Å². The number of amides is 2. The van der Waals surface area contributed by atoms with Gasteiger partial charge in [-0.15, -0.1) is 0 Å². The first-order valence-corrected chi connectivity index (χ1v) is 16.5. The van der Waals surface area contributed by atoms with Gasteiger partial charge in [0, 0.05) is 37.1 Å². The van der Waals surface area contributed by atoms with Crippen molar-refractivity contribution in [3.05, 3.63) is 12.2 Å². The van der Waals surface area contributed by atoms with Crippen LogP contribution in [0.1, 0.15) is 104 Å². The third kappa shape index (κ3) is 23.2. The van der Waals surface area contributed by atoms with Crippen molar-refractivity contribution in [1.29, 1.82) is 0 Å². The fraction of sp³-hybridized carbons (Fsp3) is 0.815. The van der Waals surface area contributed by atoms with Crippen LogP contribution < -0.4 is 20.4 Å². The molecule has 39 heavy (non-hydrogen) atoms. The molecule has 228 valence electrons. The molecule has 0 bridgehead atoms. The van der Waals surface area contributed by atoms with E-state index in [0.29, 0.717) is 18.7 Å². The Morgan fingerprint density at radius 1 is 0.923 bits per heavy atom. The van der Waals surface area contributed by atoms with Crippen molar-refractivity contribution < 1.29 is 38.4 Å². The molecule has 0 radical (unpaired) electrons. The molecule has 3 N–H and O–H groups in total. The van der Waals surface area contributed by atoms with Gasteiger partial charge in [-0.25, -0.2) is 0 Å². The molecule has 1 atom stereocenters. The molecule has 10 nitrogen and oxygen atoms in total. The molecule has 0 unspecified atom stereocenters. The third-order valence-electron chi connectivity index (χ3n) is 6.06. The Hall–Kier alpha value is -1.23. The van der Waals surface area contributed by atoms with Gasteiger partial charge in [0.15, 0.2) is 5.12 Å². The van der Waals surface area contributed by atoms with E-state index in [1.165, 1.54) is 70.6 Å². The highest BCUT2D eigenvalue weighted by Gasteiger charge is 2.34. The molecule has 0 fully saturated rings. The summed E-state index contributed by atoms with van der Waals surface area (Å²) in [5.41, 5.74) is -1.33. The highest BCUT2D eigenvalue weighted by Crippen LogP contribution is 2.31. The summed E-state index contributed by atoms with van der Waals surface area (Å²) < 4.78 is 14.8. The molecular weight excluding hydrogens is 543 g/mol. The number of carbonyl (C=O) groups excluding carboxylic acids is 3. The minimum absolute atomic E-state index is 0.0287. The van der Waals surface area contributed by atoms with E-state index >= 15 is 0 Å². The van der Waals surface area contributed by atoms with E-state index in [2.05, 4.69) is 34.2 Å². The maximum Gasteiger partial charge on any atom is 0.249 e. The fourth-order valence-electron chi connectivity index (χ4n) is 3.58. The summed E-state index contributed by atoms with van der Waals surface area (Å²) in [6.45, 7) is 4.60.